The highest BCUT2D eigenvalue weighted by molar-refractivity contribution is 4.81. The molecular weight excluding hydrogens is 186 g/mol. The van der Waals surface area contributed by atoms with Crippen LogP contribution in [0.25, 0.3) is 0 Å². The molecule has 0 amide bonds. The van der Waals surface area contributed by atoms with Crippen LogP contribution in [0.15, 0.2) is 0 Å². The molecule has 2 fully saturated rings. The minimum Gasteiger partial charge on any atom is -0.378 e. The molecule has 1 aliphatic carbocycles. The van der Waals surface area contributed by atoms with Crippen molar-refractivity contribution in [3.05, 3.63) is 0 Å². The predicted octanol–water partition coefficient (Wildman–Crippen LogP) is 2.72. The summed E-state index contributed by atoms with van der Waals surface area (Å²) in [7, 11) is 2.12. The molecule has 0 spiro atoms. The van der Waals surface area contributed by atoms with E-state index in [1.54, 1.807) is 0 Å². The van der Waals surface area contributed by atoms with E-state index in [-0.39, 0.29) is 0 Å². The number of hydrogen-bond donors (Lipinski definition) is 1. The van der Waals surface area contributed by atoms with Crippen LogP contribution in [0.1, 0.15) is 51.4 Å². The van der Waals surface area contributed by atoms with Crippen molar-refractivity contribution in [2.24, 2.45) is 5.92 Å². The molecule has 0 radical (unpaired) electrons. The molecule has 1 heterocycles. The molecule has 1 saturated heterocycles. The zero-order chi connectivity index (χ0) is 10.5. The van der Waals surface area contributed by atoms with Crippen LogP contribution < -0.4 is 5.32 Å². The summed E-state index contributed by atoms with van der Waals surface area (Å²) in [6.45, 7) is 0.998. The van der Waals surface area contributed by atoms with Crippen LogP contribution in [-0.4, -0.2) is 25.8 Å². The molecule has 88 valence electrons. The first kappa shape index (κ1) is 11.4. The Bertz CT molecular complexity index is 171. The van der Waals surface area contributed by atoms with Crippen LogP contribution in [-0.2, 0) is 4.74 Å². The summed E-state index contributed by atoms with van der Waals surface area (Å²) >= 11 is 0. The molecule has 1 saturated carbocycles. The van der Waals surface area contributed by atoms with Gasteiger partial charge in [-0.2, -0.15) is 0 Å². The zero-order valence-corrected chi connectivity index (χ0v) is 10.0. The van der Waals surface area contributed by atoms with E-state index >= 15 is 0 Å². The zero-order valence-electron chi connectivity index (χ0n) is 10.0. The minimum atomic E-state index is 0.572. The fraction of sp³-hybridized carbons (Fsp3) is 1.00. The lowest BCUT2D eigenvalue weighted by Gasteiger charge is -2.24. The predicted molar refractivity (Wildman–Crippen MR) is 63.0 cm³/mol. The van der Waals surface area contributed by atoms with E-state index in [2.05, 4.69) is 12.4 Å². The van der Waals surface area contributed by atoms with Gasteiger partial charge in [0.1, 0.15) is 0 Å². The van der Waals surface area contributed by atoms with Gasteiger partial charge in [-0.15, -0.1) is 0 Å². The highest BCUT2D eigenvalue weighted by Crippen LogP contribution is 2.30. The summed E-state index contributed by atoms with van der Waals surface area (Å²) in [4.78, 5) is 0. The lowest BCUT2D eigenvalue weighted by Crippen LogP contribution is -2.33. The third-order valence-corrected chi connectivity index (χ3v) is 4.16. The summed E-state index contributed by atoms with van der Waals surface area (Å²) in [5, 5.41) is 3.51. The van der Waals surface area contributed by atoms with Gasteiger partial charge in [0.15, 0.2) is 0 Å². The van der Waals surface area contributed by atoms with Crippen molar-refractivity contribution < 1.29 is 4.74 Å². The van der Waals surface area contributed by atoms with Crippen molar-refractivity contribution in [1.29, 1.82) is 0 Å². The Kier molecular flexibility index (Phi) is 4.45. The molecule has 15 heavy (non-hydrogen) atoms. The quantitative estimate of drug-likeness (QED) is 0.755. The molecule has 0 aromatic heterocycles. The number of ether oxygens (including phenoxy) is 1. The second-order valence-electron chi connectivity index (χ2n) is 5.15. The molecular formula is C13H25NO. The average Bonchev–Trinajstić information content (AvgIpc) is 2.90. The maximum absolute atomic E-state index is 5.68. The van der Waals surface area contributed by atoms with Gasteiger partial charge in [-0.25, -0.2) is 0 Å². The van der Waals surface area contributed by atoms with Crippen molar-refractivity contribution in [2.45, 2.75) is 63.5 Å². The van der Waals surface area contributed by atoms with Crippen LogP contribution in [0.5, 0.6) is 0 Å². The Morgan fingerprint density at radius 3 is 2.60 bits per heavy atom. The Morgan fingerprint density at radius 1 is 1.20 bits per heavy atom. The summed E-state index contributed by atoms with van der Waals surface area (Å²) in [6, 6.07) is 0.747. The molecule has 1 N–H and O–H groups in total. The second kappa shape index (κ2) is 5.86. The van der Waals surface area contributed by atoms with Gasteiger partial charge in [0.2, 0.25) is 0 Å². The van der Waals surface area contributed by atoms with Crippen LogP contribution in [0.2, 0.25) is 0 Å². The van der Waals surface area contributed by atoms with E-state index in [9.17, 15) is 0 Å². The molecule has 0 aromatic carbocycles. The van der Waals surface area contributed by atoms with Crippen molar-refractivity contribution in [3.8, 4) is 0 Å². The molecule has 2 aliphatic rings. The van der Waals surface area contributed by atoms with Gasteiger partial charge in [0.05, 0.1) is 6.10 Å². The van der Waals surface area contributed by atoms with Crippen LogP contribution >= 0.6 is 0 Å². The Morgan fingerprint density at radius 2 is 2.00 bits per heavy atom. The van der Waals surface area contributed by atoms with E-state index in [0.717, 1.165) is 18.6 Å². The summed E-state index contributed by atoms with van der Waals surface area (Å²) < 4.78 is 5.68. The third-order valence-electron chi connectivity index (χ3n) is 4.16. The van der Waals surface area contributed by atoms with E-state index < -0.39 is 0 Å². The first-order valence-electron chi connectivity index (χ1n) is 6.69. The summed E-state index contributed by atoms with van der Waals surface area (Å²) in [5.41, 5.74) is 0. The Balaban J connectivity index is 1.69. The topological polar surface area (TPSA) is 21.3 Å². The van der Waals surface area contributed by atoms with Crippen LogP contribution in [0.3, 0.4) is 0 Å². The SMILES string of the molecule is CNC(CCC1CCCO1)C1CCCC1. The van der Waals surface area contributed by atoms with Crippen molar-refractivity contribution in [1.82, 2.24) is 5.32 Å². The highest BCUT2D eigenvalue weighted by atomic mass is 16.5. The molecule has 0 bridgehead atoms. The third kappa shape index (κ3) is 3.18. The standard InChI is InChI=1S/C13H25NO/c1-14-13(11-5-2-3-6-11)9-8-12-7-4-10-15-12/h11-14H,2-10H2,1H3. The highest BCUT2D eigenvalue weighted by Gasteiger charge is 2.25. The van der Waals surface area contributed by atoms with E-state index in [0.29, 0.717) is 6.10 Å². The van der Waals surface area contributed by atoms with Gasteiger partial charge < -0.3 is 10.1 Å². The van der Waals surface area contributed by atoms with E-state index in [1.165, 1.54) is 51.4 Å². The first-order valence-corrected chi connectivity index (χ1v) is 6.69. The normalized spacial score (nSPS) is 29.8. The van der Waals surface area contributed by atoms with Gasteiger partial charge in [-0.3, -0.25) is 0 Å². The Hall–Kier alpha value is -0.0800. The van der Waals surface area contributed by atoms with Gasteiger partial charge >= 0.3 is 0 Å². The smallest absolute Gasteiger partial charge is 0.0576 e. The first-order chi connectivity index (χ1) is 7.40. The van der Waals surface area contributed by atoms with Gasteiger partial charge in [-0.1, -0.05) is 12.8 Å². The number of rotatable bonds is 5. The maximum atomic E-state index is 5.68. The molecule has 2 heteroatoms. The lowest BCUT2D eigenvalue weighted by atomic mass is 9.93. The van der Waals surface area contributed by atoms with Gasteiger partial charge in [-0.05, 0) is 51.5 Å². The minimum absolute atomic E-state index is 0.572. The van der Waals surface area contributed by atoms with Crippen LogP contribution in [0, 0.1) is 5.92 Å². The molecule has 1 aliphatic heterocycles. The Labute approximate surface area is 93.8 Å². The summed E-state index contributed by atoms with van der Waals surface area (Å²) in [5.74, 6) is 0.941. The molecule has 2 nitrogen and oxygen atoms in total. The van der Waals surface area contributed by atoms with Crippen molar-refractivity contribution >= 4 is 0 Å². The number of hydrogen-bond acceptors (Lipinski definition) is 2. The second-order valence-corrected chi connectivity index (χ2v) is 5.15. The molecule has 2 atom stereocenters. The van der Waals surface area contributed by atoms with Crippen molar-refractivity contribution in [2.75, 3.05) is 13.7 Å². The van der Waals surface area contributed by atoms with Gasteiger partial charge in [0, 0.05) is 12.6 Å². The van der Waals surface area contributed by atoms with E-state index in [1.807, 2.05) is 0 Å². The fourth-order valence-electron chi connectivity index (χ4n) is 3.21. The largest absolute Gasteiger partial charge is 0.378 e. The van der Waals surface area contributed by atoms with E-state index in [4.69, 9.17) is 4.74 Å². The molecule has 2 unspecified atom stereocenters. The van der Waals surface area contributed by atoms with Crippen LogP contribution in [0.4, 0.5) is 0 Å². The average molecular weight is 211 g/mol. The molecule has 2 rings (SSSR count). The number of nitrogens with one attached hydrogen (secondary N) is 1. The molecule has 0 aromatic rings. The maximum Gasteiger partial charge on any atom is 0.0576 e. The van der Waals surface area contributed by atoms with Gasteiger partial charge in [0.25, 0.3) is 0 Å². The fourth-order valence-corrected chi connectivity index (χ4v) is 3.21. The monoisotopic (exact) mass is 211 g/mol. The summed E-state index contributed by atoms with van der Waals surface area (Å²) in [6.07, 6.45) is 11.5. The van der Waals surface area contributed by atoms with Crippen molar-refractivity contribution in [3.63, 3.8) is 0 Å². The lowest BCUT2D eigenvalue weighted by molar-refractivity contribution is 0.0975.